The molecule has 4 rings (SSSR count). The molecular formula is C22H26F5N5O3. The number of nitrogens with one attached hydrogen (secondary N) is 2. The molecule has 0 spiro atoms. The van der Waals surface area contributed by atoms with Gasteiger partial charge in [-0.2, -0.15) is 13.2 Å². The lowest BCUT2D eigenvalue weighted by Crippen LogP contribution is -2.36. The molecular weight excluding hydrogens is 477 g/mol. The highest BCUT2D eigenvalue weighted by molar-refractivity contribution is 5.76. The Morgan fingerprint density at radius 2 is 1.66 bits per heavy atom. The van der Waals surface area contributed by atoms with Crippen LogP contribution in [0.15, 0.2) is 18.5 Å². The number of halogens is 5. The average Bonchev–Trinajstić information content (AvgIpc) is 3.52. The van der Waals surface area contributed by atoms with E-state index in [-0.39, 0.29) is 43.3 Å². The van der Waals surface area contributed by atoms with Crippen molar-refractivity contribution in [2.45, 2.75) is 75.5 Å². The monoisotopic (exact) mass is 503 g/mol. The van der Waals surface area contributed by atoms with E-state index in [1.54, 1.807) is 22.9 Å². The molecule has 2 aliphatic carbocycles. The van der Waals surface area contributed by atoms with Crippen LogP contribution >= 0.6 is 0 Å². The Morgan fingerprint density at radius 3 is 2.26 bits per heavy atom. The summed E-state index contributed by atoms with van der Waals surface area (Å²) in [6.45, 7) is 0. The van der Waals surface area contributed by atoms with Gasteiger partial charge in [0.2, 0.25) is 17.6 Å². The number of hydrogen-bond donors (Lipinski definition) is 3. The molecule has 35 heavy (non-hydrogen) atoms. The lowest BCUT2D eigenvalue weighted by molar-refractivity contribution is -0.144. The van der Waals surface area contributed by atoms with Crippen LogP contribution in [0.3, 0.4) is 0 Å². The van der Waals surface area contributed by atoms with Crippen molar-refractivity contribution in [3.05, 3.63) is 29.8 Å². The minimum atomic E-state index is -4.43. The Labute approximate surface area is 197 Å². The average molecular weight is 503 g/mol. The van der Waals surface area contributed by atoms with Crippen molar-refractivity contribution >= 4 is 17.8 Å². The van der Waals surface area contributed by atoms with Crippen LogP contribution in [0, 0.1) is 11.8 Å². The highest BCUT2D eigenvalue weighted by Crippen LogP contribution is 2.42. The number of amides is 2. The van der Waals surface area contributed by atoms with Crippen LogP contribution in [-0.2, 0) is 4.79 Å². The van der Waals surface area contributed by atoms with Gasteiger partial charge in [0.05, 0.1) is 29.9 Å². The van der Waals surface area contributed by atoms with Crippen LogP contribution in [0.2, 0.25) is 0 Å². The molecule has 0 aliphatic heterocycles. The van der Waals surface area contributed by atoms with Gasteiger partial charge in [0.1, 0.15) is 0 Å². The number of nitrogens with zero attached hydrogens (tertiary/aromatic N) is 3. The molecule has 3 N–H and O–H groups in total. The van der Waals surface area contributed by atoms with Gasteiger partial charge in [-0.25, -0.2) is 23.5 Å². The van der Waals surface area contributed by atoms with Crippen LogP contribution in [-0.4, -0.2) is 43.6 Å². The Bertz CT molecular complexity index is 1080. The highest BCUT2D eigenvalue weighted by Gasteiger charge is 2.40. The topological polar surface area (TPSA) is 109 Å². The van der Waals surface area contributed by atoms with Crippen molar-refractivity contribution < 1.29 is 36.6 Å². The van der Waals surface area contributed by atoms with Gasteiger partial charge in [-0.3, -0.25) is 9.20 Å². The second-order valence-electron chi connectivity index (χ2n) is 9.34. The minimum absolute atomic E-state index is 0.0551. The van der Waals surface area contributed by atoms with Gasteiger partial charge in [0.15, 0.2) is 0 Å². The molecule has 0 aromatic carbocycles. The first-order chi connectivity index (χ1) is 16.4. The molecule has 13 heteroatoms. The summed E-state index contributed by atoms with van der Waals surface area (Å²) < 4.78 is 66.2. The van der Waals surface area contributed by atoms with E-state index >= 15 is 0 Å². The number of aromatic nitrogens is 3. The molecule has 0 radical (unpaired) electrons. The van der Waals surface area contributed by atoms with E-state index in [0.717, 1.165) is 12.8 Å². The summed E-state index contributed by atoms with van der Waals surface area (Å²) in [5, 5.41) is 14.3. The van der Waals surface area contributed by atoms with E-state index in [0.29, 0.717) is 11.4 Å². The smallest absolute Gasteiger partial charge is 0.405 e. The molecule has 0 bridgehead atoms. The molecule has 2 heterocycles. The predicted octanol–water partition coefficient (Wildman–Crippen LogP) is 4.77. The predicted molar refractivity (Wildman–Crippen MR) is 113 cm³/mol. The number of hydrogen-bond acceptors (Lipinski definition) is 4. The number of alkyl halides is 5. The first kappa shape index (κ1) is 25.1. The Morgan fingerprint density at radius 1 is 1.06 bits per heavy atom. The second kappa shape index (κ2) is 9.57. The molecule has 2 atom stereocenters. The zero-order valence-corrected chi connectivity index (χ0v) is 18.7. The Hall–Kier alpha value is -2.99. The molecule has 2 fully saturated rings. The number of carboxylic acid groups (broad SMARTS) is 1. The molecule has 192 valence electrons. The summed E-state index contributed by atoms with van der Waals surface area (Å²) in [4.78, 5) is 32.4. The summed E-state index contributed by atoms with van der Waals surface area (Å²) in [7, 11) is 0. The lowest BCUT2D eigenvalue weighted by atomic mass is 9.81. The van der Waals surface area contributed by atoms with E-state index < -0.39 is 49.0 Å². The van der Waals surface area contributed by atoms with E-state index in [9.17, 15) is 36.6 Å². The third kappa shape index (κ3) is 6.57. The van der Waals surface area contributed by atoms with Crippen molar-refractivity contribution in [2.24, 2.45) is 11.8 Å². The lowest BCUT2D eigenvalue weighted by Gasteiger charge is -2.32. The van der Waals surface area contributed by atoms with Crippen molar-refractivity contribution in [3.8, 4) is 0 Å². The maximum Gasteiger partial charge on any atom is 0.405 e. The normalized spacial score (nSPS) is 20.4. The number of fused-ring (bicyclic) bond motifs is 1. The first-order valence-corrected chi connectivity index (χ1v) is 11.5. The molecule has 2 saturated carbocycles. The zero-order chi connectivity index (χ0) is 25.4. The summed E-state index contributed by atoms with van der Waals surface area (Å²) in [6.07, 6.45) is -3.20. The minimum Gasteiger partial charge on any atom is -0.465 e. The second-order valence-corrected chi connectivity index (χ2v) is 9.34. The van der Waals surface area contributed by atoms with Gasteiger partial charge in [-0.15, -0.1) is 0 Å². The maximum atomic E-state index is 13.6. The van der Waals surface area contributed by atoms with E-state index in [1.807, 2.05) is 0 Å². The van der Waals surface area contributed by atoms with Gasteiger partial charge < -0.3 is 15.7 Å². The van der Waals surface area contributed by atoms with Crippen molar-refractivity contribution in [1.29, 1.82) is 0 Å². The molecule has 2 aliphatic rings. The fourth-order valence-corrected chi connectivity index (χ4v) is 4.55. The molecule has 2 aromatic heterocycles. The molecule has 2 aromatic rings. The Kier molecular flexibility index (Phi) is 6.87. The third-order valence-electron chi connectivity index (χ3n) is 6.56. The van der Waals surface area contributed by atoms with Gasteiger partial charge >= 0.3 is 12.3 Å². The van der Waals surface area contributed by atoms with E-state index in [2.05, 4.69) is 20.6 Å². The summed E-state index contributed by atoms with van der Waals surface area (Å²) in [5.41, 5.74) is 0.780. The maximum absolute atomic E-state index is 13.6. The standard InChI is InChI=1S/C22H26F5N5O3/c23-21(24)7-3-13(4-8-21)18(31-20(34)35)15-11-32-10-6-14(28-19(32)29-15)17(12-1-2-12)30-16(33)5-9-22(25,26)27/h6,10-13,17-18,31H,1-5,7-9H2,(H,30,33)(H,34,35). The van der Waals surface area contributed by atoms with Gasteiger partial charge in [0.25, 0.3) is 0 Å². The van der Waals surface area contributed by atoms with Crippen LogP contribution < -0.4 is 10.6 Å². The van der Waals surface area contributed by atoms with Gasteiger partial charge in [-0.05, 0) is 43.6 Å². The molecule has 2 unspecified atom stereocenters. The summed E-state index contributed by atoms with van der Waals surface area (Å²) in [5.74, 6) is -3.57. The van der Waals surface area contributed by atoms with Crippen LogP contribution in [0.1, 0.15) is 74.8 Å². The number of carbonyl (C=O) groups excluding carboxylic acids is 1. The fourth-order valence-electron chi connectivity index (χ4n) is 4.55. The molecule has 0 saturated heterocycles. The summed E-state index contributed by atoms with van der Waals surface area (Å²) >= 11 is 0. The molecule has 8 nitrogen and oxygen atoms in total. The number of carbonyl (C=O) groups is 2. The zero-order valence-electron chi connectivity index (χ0n) is 18.7. The highest BCUT2D eigenvalue weighted by atomic mass is 19.4. The Balaban J connectivity index is 1.54. The van der Waals surface area contributed by atoms with E-state index in [4.69, 9.17) is 0 Å². The first-order valence-electron chi connectivity index (χ1n) is 11.5. The van der Waals surface area contributed by atoms with Crippen LogP contribution in [0.5, 0.6) is 0 Å². The quantitative estimate of drug-likeness (QED) is 0.450. The number of rotatable bonds is 8. The van der Waals surface area contributed by atoms with Gasteiger partial charge in [-0.1, -0.05) is 0 Å². The largest absolute Gasteiger partial charge is 0.465 e. The van der Waals surface area contributed by atoms with Crippen LogP contribution in [0.4, 0.5) is 26.7 Å². The van der Waals surface area contributed by atoms with Crippen molar-refractivity contribution in [1.82, 2.24) is 25.0 Å². The van der Waals surface area contributed by atoms with Crippen LogP contribution in [0.25, 0.3) is 5.78 Å². The fraction of sp³-hybridized carbons (Fsp3) is 0.636. The SMILES string of the molecule is O=C(O)NC(c1cn2ccc(C(NC(=O)CCC(F)(F)F)C3CC3)nc2n1)C1CCC(F)(F)CC1. The number of imidazole rings is 1. The third-order valence-corrected chi connectivity index (χ3v) is 6.56. The molecule has 2 amide bonds. The van der Waals surface area contributed by atoms with E-state index in [1.165, 1.54) is 0 Å². The van der Waals surface area contributed by atoms with Crippen molar-refractivity contribution in [3.63, 3.8) is 0 Å². The van der Waals surface area contributed by atoms with Crippen molar-refractivity contribution in [2.75, 3.05) is 0 Å². The summed E-state index contributed by atoms with van der Waals surface area (Å²) in [6, 6.07) is 0.274. The van der Waals surface area contributed by atoms with Gasteiger partial charge in [0, 0.05) is 31.7 Å².